The normalized spacial score (nSPS) is 13.7. The minimum Gasteiger partial charge on any atom is -1.00 e. The summed E-state index contributed by atoms with van der Waals surface area (Å²) in [4.78, 5) is 0. The second kappa shape index (κ2) is 11.2. The van der Waals surface area contributed by atoms with E-state index in [4.69, 9.17) is 4.42 Å². The van der Waals surface area contributed by atoms with Crippen molar-refractivity contribution in [3.63, 3.8) is 0 Å². The largest absolute Gasteiger partial charge is 3.00 e. The number of hydrogen-bond acceptors (Lipinski definition) is 1. The smallest absolute Gasteiger partial charge is 1.00 e. The molecule has 1 radical (unpaired) electrons. The Morgan fingerprint density at radius 2 is 1.86 bits per heavy atom. The minimum atomic E-state index is 0. The van der Waals surface area contributed by atoms with Crippen molar-refractivity contribution in [1.29, 1.82) is 0 Å². The first kappa shape index (κ1) is 25.0. The van der Waals surface area contributed by atoms with Crippen LogP contribution in [-0.4, -0.2) is 5.29 Å². The van der Waals surface area contributed by atoms with Gasteiger partial charge in [0.15, 0.2) is 0 Å². The number of furan rings is 1. The van der Waals surface area contributed by atoms with Crippen LogP contribution in [0.2, 0.25) is 0 Å². The summed E-state index contributed by atoms with van der Waals surface area (Å²) in [6.07, 6.45) is 10.0. The Balaban J connectivity index is 0.000000269. The molecule has 141 valence electrons. The molecule has 5 rings (SSSR count). The summed E-state index contributed by atoms with van der Waals surface area (Å²) in [6, 6.07) is 16.7. The zero-order valence-corrected chi connectivity index (χ0v) is 20.6. The first-order chi connectivity index (χ1) is 12.2. The third-order valence-corrected chi connectivity index (χ3v) is 5.80. The molecule has 0 N–H and O–H groups in total. The number of allylic oxidation sites excluding steroid dienone is 6. The van der Waals surface area contributed by atoms with Crippen molar-refractivity contribution >= 4 is 24.3 Å². The SMILES string of the molecule is CCC1=PC2=CC=CC2=C1.Cc1ccc(-c2cc3ccccc3[cH-]2)o1.[Cl-].[Cl-].[Zr+3]. The van der Waals surface area contributed by atoms with Gasteiger partial charge in [-0.05, 0) is 48.5 Å². The summed E-state index contributed by atoms with van der Waals surface area (Å²) in [6.45, 7) is 4.18. The summed E-state index contributed by atoms with van der Waals surface area (Å²) in [5.74, 6) is 1.90. The Morgan fingerprint density at radius 1 is 1.07 bits per heavy atom. The van der Waals surface area contributed by atoms with Gasteiger partial charge in [0.2, 0.25) is 0 Å². The van der Waals surface area contributed by atoms with E-state index < -0.39 is 0 Å². The van der Waals surface area contributed by atoms with Gasteiger partial charge in [0.1, 0.15) is 0 Å². The van der Waals surface area contributed by atoms with Crippen molar-refractivity contribution in [2.24, 2.45) is 0 Å². The van der Waals surface area contributed by atoms with Crippen LogP contribution in [0.5, 0.6) is 0 Å². The summed E-state index contributed by atoms with van der Waals surface area (Å²) in [5, 5.41) is 5.56. The monoisotopic (exact) mass is 503 g/mol. The molecule has 28 heavy (non-hydrogen) atoms. The average Bonchev–Trinajstić information content (AvgIpc) is 3.37. The molecule has 0 spiro atoms. The van der Waals surface area contributed by atoms with Gasteiger partial charge in [-0.2, -0.15) is 0 Å². The van der Waals surface area contributed by atoms with Crippen molar-refractivity contribution in [3.8, 4) is 11.3 Å². The van der Waals surface area contributed by atoms with Crippen LogP contribution in [0.4, 0.5) is 0 Å². The Kier molecular flexibility index (Phi) is 10.0. The first-order valence-electron chi connectivity index (χ1n) is 8.63. The maximum absolute atomic E-state index is 5.60. The van der Waals surface area contributed by atoms with Gasteiger partial charge in [0, 0.05) is 5.31 Å². The third-order valence-electron chi connectivity index (χ3n) is 4.42. The van der Waals surface area contributed by atoms with E-state index in [1.54, 1.807) is 5.29 Å². The maximum atomic E-state index is 5.60. The molecule has 0 fully saturated rings. The van der Waals surface area contributed by atoms with E-state index in [2.05, 4.69) is 67.6 Å². The number of aryl methyl sites for hydroxylation is 1. The maximum Gasteiger partial charge on any atom is 3.00 e. The molecule has 1 aromatic heterocycles. The zero-order chi connectivity index (χ0) is 17.2. The van der Waals surface area contributed by atoms with Crippen LogP contribution in [0.15, 0.2) is 88.1 Å². The second-order valence-corrected chi connectivity index (χ2v) is 7.53. The van der Waals surface area contributed by atoms with Crippen molar-refractivity contribution in [2.45, 2.75) is 20.3 Å². The number of halogens is 2. The molecule has 2 heterocycles. The fraction of sp³-hybridized carbons (Fsp3) is 0.130. The molecule has 1 aliphatic carbocycles. The zero-order valence-electron chi connectivity index (χ0n) is 15.7. The predicted molar refractivity (Wildman–Crippen MR) is 110 cm³/mol. The molecule has 0 saturated heterocycles. The molecule has 3 aromatic rings. The molecule has 1 aliphatic heterocycles. The van der Waals surface area contributed by atoms with Gasteiger partial charge >= 0.3 is 26.2 Å². The van der Waals surface area contributed by atoms with E-state index in [0.717, 1.165) is 17.1 Å². The fourth-order valence-corrected chi connectivity index (χ4v) is 4.18. The summed E-state index contributed by atoms with van der Waals surface area (Å²) < 4.78 is 5.60. The Labute approximate surface area is 199 Å². The average molecular weight is 506 g/mol. The minimum absolute atomic E-state index is 0. The Hall–Kier alpha value is -1.04. The molecule has 0 unspecified atom stereocenters. The van der Waals surface area contributed by atoms with Crippen molar-refractivity contribution < 1.29 is 55.4 Å². The topological polar surface area (TPSA) is 13.1 Å². The third kappa shape index (κ3) is 5.52. The molecule has 0 saturated carbocycles. The van der Waals surface area contributed by atoms with Crippen molar-refractivity contribution in [1.82, 2.24) is 0 Å². The second-order valence-electron chi connectivity index (χ2n) is 6.25. The van der Waals surface area contributed by atoms with Gasteiger partial charge in [-0.15, -0.1) is 29.0 Å². The molecule has 2 aliphatic rings. The number of fused-ring (bicyclic) bond motifs is 2. The van der Waals surface area contributed by atoms with Crippen LogP contribution in [0.3, 0.4) is 0 Å². The summed E-state index contributed by atoms with van der Waals surface area (Å²) in [5.41, 5.74) is 2.59. The molecule has 1 nitrogen and oxygen atoms in total. The summed E-state index contributed by atoms with van der Waals surface area (Å²) >= 11 is 0. The first-order valence-corrected chi connectivity index (χ1v) is 9.52. The Morgan fingerprint density at radius 3 is 2.50 bits per heavy atom. The molecule has 0 amide bonds. The van der Waals surface area contributed by atoms with Crippen LogP contribution >= 0.6 is 8.20 Å². The molecule has 2 aromatic carbocycles. The van der Waals surface area contributed by atoms with Gasteiger partial charge in [-0.1, -0.05) is 51.0 Å². The summed E-state index contributed by atoms with van der Waals surface area (Å²) in [7, 11) is 1.43. The number of rotatable bonds is 2. The van der Waals surface area contributed by atoms with Crippen LogP contribution in [0, 0.1) is 6.92 Å². The predicted octanol–water partition coefficient (Wildman–Crippen LogP) is 1.04. The van der Waals surface area contributed by atoms with Crippen LogP contribution in [-0.2, 0) is 26.2 Å². The van der Waals surface area contributed by atoms with E-state index in [0.29, 0.717) is 0 Å². The quantitative estimate of drug-likeness (QED) is 0.375. The fourth-order valence-electron chi connectivity index (χ4n) is 3.08. The van der Waals surface area contributed by atoms with E-state index in [-0.39, 0.29) is 51.0 Å². The van der Waals surface area contributed by atoms with Crippen LogP contribution in [0.25, 0.3) is 22.1 Å². The van der Waals surface area contributed by atoms with Gasteiger partial charge in [-0.3, -0.25) is 0 Å². The van der Waals surface area contributed by atoms with Crippen LogP contribution < -0.4 is 24.8 Å². The standard InChI is InChI=1S/C14H11O.C9H9P.2ClH.Zr/c1-10-6-7-14(15-10)13-8-11-4-2-3-5-12(11)9-13;1-2-8-6-7-4-3-5-9(7)10-8;;;/h2-9H,1H3;3-6H,2H2,1H3;2*1H;/q-1;;;;+3/p-2. The number of hydrogen-bond donors (Lipinski definition) is 0. The number of benzene rings is 1. The van der Waals surface area contributed by atoms with Gasteiger partial charge in [-0.25, -0.2) is 0 Å². The van der Waals surface area contributed by atoms with E-state index in [9.17, 15) is 0 Å². The van der Waals surface area contributed by atoms with E-state index in [1.165, 1.54) is 36.3 Å². The molecule has 5 heteroatoms. The van der Waals surface area contributed by atoms with Crippen molar-refractivity contribution in [2.75, 3.05) is 0 Å². The molecule has 0 atom stereocenters. The molecule has 0 bridgehead atoms. The van der Waals surface area contributed by atoms with Crippen molar-refractivity contribution in [3.05, 3.63) is 89.5 Å². The Bertz CT molecular complexity index is 1020. The van der Waals surface area contributed by atoms with Crippen LogP contribution in [0.1, 0.15) is 19.1 Å². The van der Waals surface area contributed by atoms with Gasteiger partial charge in [0.05, 0.1) is 11.5 Å². The van der Waals surface area contributed by atoms with E-state index >= 15 is 0 Å². The molecular weight excluding hydrogens is 485 g/mol. The van der Waals surface area contributed by atoms with Gasteiger partial charge in [0.25, 0.3) is 0 Å². The van der Waals surface area contributed by atoms with Gasteiger partial charge < -0.3 is 29.2 Å². The van der Waals surface area contributed by atoms with E-state index in [1.807, 2.05) is 19.1 Å². The molecular formula is C23H20Cl2OPZr.